The van der Waals surface area contributed by atoms with Crippen molar-refractivity contribution in [2.24, 2.45) is 5.73 Å². The van der Waals surface area contributed by atoms with Crippen molar-refractivity contribution in [2.45, 2.75) is 25.2 Å². The number of hydrogen-bond acceptors (Lipinski definition) is 4. The third-order valence-electron chi connectivity index (χ3n) is 4.77. The van der Waals surface area contributed by atoms with Gasteiger partial charge < -0.3 is 20.9 Å². The van der Waals surface area contributed by atoms with Crippen molar-refractivity contribution < 1.29 is 9.59 Å². The first-order valence-corrected chi connectivity index (χ1v) is 8.15. The number of aromatic amines is 1. The number of amides is 2. The van der Waals surface area contributed by atoms with Crippen molar-refractivity contribution in [1.29, 1.82) is 0 Å². The zero-order chi connectivity index (χ0) is 16.7. The van der Waals surface area contributed by atoms with Crippen LogP contribution in [-0.4, -0.2) is 34.9 Å². The van der Waals surface area contributed by atoms with Gasteiger partial charge in [-0.05, 0) is 30.5 Å². The highest BCUT2D eigenvalue weighted by Crippen LogP contribution is 2.40. The van der Waals surface area contributed by atoms with Crippen LogP contribution in [0.25, 0.3) is 0 Å². The Balaban J connectivity index is 1.85. The van der Waals surface area contributed by atoms with E-state index in [9.17, 15) is 9.59 Å². The number of nitrogens with zero attached hydrogens (tertiary/aromatic N) is 2. The minimum absolute atomic E-state index is 0.0527. The topological polar surface area (TPSA) is 104 Å². The van der Waals surface area contributed by atoms with Crippen molar-refractivity contribution in [3.8, 4) is 0 Å². The maximum atomic E-state index is 12.1. The highest BCUT2D eigenvalue weighted by atomic mass is 16.2. The SMILES string of the molecule is NC(=O)c1cc2c(cc1N1CCCC1)NC(=O)C[C@H]2c1ncc[nH]1. The summed E-state index contributed by atoms with van der Waals surface area (Å²) in [5.41, 5.74) is 8.55. The zero-order valence-electron chi connectivity index (χ0n) is 13.2. The van der Waals surface area contributed by atoms with Crippen LogP contribution in [0.2, 0.25) is 0 Å². The third kappa shape index (κ3) is 2.42. The summed E-state index contributed by atoms with van der Waals surface area (Å²) >= 11 is 0. The monoisotopic (exact) mass is 325 g/mol. The molecule has 24 heavy (non-hydrogen) atoms. The molecule has 2 aromatic rings. The summed E-state index contributed by atoms with van der Waals surface area (Å²) in [6.07, 6.45) is 5.87. The number of nitrogens with two attached hydrogens (primary N) is 1. The van der Waals surface area contributed by atoms with Crippen LogP contribution in [-0.2, 0) is 4.79 Å². The zero-order valence-corrected chi connectivity index (χ0v) is 13.2. The first kappa shape index (κ1) is 14.7. The van der Waals surface area contributed by atoms with Crippen LogP contribution >= 0.6 is 0 Å². The fourth-order valence-electron chi connectivity index (χ4n) is 3.63. The van der Waals surface area contributed by atoms with Crippen LogP contribution in [0.15, 0.2) is 24.5 Å². The molecule has 2 aliphatic heterocycles. The lowest BCUT2D eigenvalue weighted by atomic mass is 9.87. The number of H-pyrrole nitrogens is 1. The molecular weight excluding hydrogens is 306 g/mol. The van der Waals surface area contributed by atoms with Gasteiger partial charge in [0.05, 0.1) is 17.2 Å². The van der Waals surface area contributed by atoms with E-state index in [1.54, 1.807) is 12.4 Å². The Kier molecular flexibility index (Phi) is 3.48. The number of nitrogens with one attached hydrogen (secondary N) is 2. The summed E-state index contributed by atoms with van der Waals surface area (Å²) in [6, 6.07) is 3.70. The average molecular weight is 325 g/mol. The maximum Gasteiger partial charge on any atom is 0.250 e. The standard InChI is InChI=1S/C17H19N5O2/c18-16(24)12-7-10-11(17-19-3-4-20-17)8-15(23)21-13(10)9-14(12)22-5-1-2-6-22/h3-4,7,9,11H,1-2,5-6,8H2,(H2,18,24)(H,19,20)(H,21,23)/t11-/m1/s1. The van der Waals surface area contributed by atoms with Crippen molar-refractivity contribution in [2.75, 3.05) is 23.3 Å². The van der Waals surface area contributed by atoms with E-state index >= 15 is 0 Å². The third-order valence-corrected chi connectivity index (χ3v) is 4.77. The van der Waals surface area contributed by atoms with Crippen molar-refractivity contribution in [1.82, 2.24) is 9.97 Å². The van der Waals surface area contributed by atoms with E-state index < -0.39 is 5.91 Å². The van der Waals surface area contributed by atoms with Gasteiger partial charge in [0, 0.05) is 37.6 Å². The molecule has 1 aromatic heterocycles. The molecule has 7 heteroatoms. The number of primary amides is 1. The van der Waals surface area contributed by atoms with E-state index in [0.29, 0.717) is 12.0 Å². The van der Waals surface area contributed by atoms with Gasteiger partial charge in [-0.2, -0.15) is 0 Å². The summed E-state index contributed by atoms with van der Waals surface area (Å²) in [5.74, 6) is 0.0165. The van der Waals surface area contributed by atoms with Crippen LogP contribution in [0.5, 0.6) is 0 Å². The van der Waals surface area contributed by atoms with Crippen molar-refractivity contribution >= 4 is 23.2 Å². The molecule has 0 aliphatic carbocycles. The van der Waals surface area contributed by atoms with E-state index in [1.807, 2.05) is 12.1 Å². The second-order valence-electron chi connectivity index (χ2n) is 6.29. The minimum atomic E-state index is -0.449. The normalized spacial score (nSPS) is 19.9. The molecule has 1 fully saturated rings. The first-order valence-electron chi connectivity index (χ1n) is 8.15. The Bertz CT molecular complexity index is 794. The Morgan fingerprint density at radius 3 is 2.75 bits per heavy atom. The Morgan fingerprint density at radius 2 is 2.08 bits per heavy atom. The molecule has 2 aliphatic rings. The summed E-state index contributed by atoms with van der Waals surface area (Å²) in [7, 11) is 0. The fourth-order valence-corrected chi connectivity index (χ4v) is 3.63. The molecule has 3 heterocycles. The second-order valence-corrected chi connectivity index (χ2v) is 6.29. The van der Waals surface area contributed by atoms with E-state index in [0.717, 1.165) is 48.7 Å². The van der Waals surface area contributed by atoms with Crippen LogP contribution in [0.3, 0.4) is 0 Å². The number of anilines is 2. The van der Waals surface area contributed by atoms with Gasteiger partial charge in [0.15, 0.2) is 0 Å². The van der Waals surface area contributed by atoms with Gasteiger partial charge in [-0.1, -0.05) is 0 Å². The molecule has 0 radical (unpaired) electrons. The first-order chi connectivity index (χ1) is 11.6. The van der Waals surface area contributed by atoms with Gasteiger partial charge in [-0.3, -0.25) is 9.59 Å². The van der Waals surface area contributed by atoms with Gasteiger partial charge in [0.2, 0.25) is 5.91 Å². The summed E-state index contributed by atoms with van der Waals surface area (Å²) in [4.78, 5) is 33.6. The number of benzene rings is 1. The van der Waals surface area contributed by atoms with E-state index in [1.165, 1.54) is 0 Å². The van der Waals surface area contributed by atoms with Gasteiger partial charge in [0.25, 0.3) is 5.91 Å². The summed E-state index contributed by atoms with van der Waals surface area (Å²) < 4.78 is 0. The van der Waals surface area contributed by atoms with E-state index in [4.69, 9.17) is 5.73 Å². The molecule has 2 amide bonds. The molecule has 1 atom stereocenters. The van der Waals surface area contributed by atoms with Crippen LogP contribution in [0.1, 0.15) is 46.9 Å². The fraction of sp³-hybridized carbons (Fsp3) is 0.353. The number of imidazole rings is 1. The minimum Gasteiger partial charge on any atom is -0.371 e. The molecule has 0 spiro atoms. The van der Waals surface area contributed by atoms with Crippen LogP contribution in [0, 0.1) is 0 Å². The second kappa shape index (κ2) is 5.67. The maximum absolute atomic E-state index is 12.1. The van der Waals surface area contributed by atoms with Gasteiger partial charge >= 0.3 is 0 Å². The lowest BCUT2D eigenvalue weighted by Crippen LogP contribution is -2.28. The number of hydrogen-bond donors (Lipinski definition) is 3. The number of carbonyl (C=O) groups is 2. The summed E-state index contributed by atoms with van der Waals surface area (Å²) in [5, 5.41) is 2.92. The Morgan fingerprint density at radius 1 is 1.29 bits per heavy atom. The van der Waals surface area contributed by atoms with Gasteiger partial charge in [0.1, 0.15) is 5.82 Å². The van der Waals surface area contributed by atoms with Gasteiger partial charge in [-0.25, -0.2) is 4.98 Å². The number of rotatable bonds is 3. The van der Waals surface area contributed by atoms with Crippen LogP contribution in [0.4, 0.5) is 11.4 Å². The lowest BCUT2D eigenvalue weighted by Gasteiger charge is -2.28. The Hall–Kier alpha value is -2.83. The van der Waals surface area contributed by atoms with Gasteiger partial charge in [-0.15, -0.1) is 0 Å². The van der Waals surface area contributed by atoms with Crippen molar-refractivity contribution in [3.05, 3.63) is 41.5 Å². The molecule has 1 aromatic carbocycles. The number of aromatic nitrogens is 2. The average Bonchev–Trinajstić information content (AvgIpc) is 3.26. The summed E-state index contributed by atoms with van der Waals surface area (Å²) in [6.45, 7) is 1.79. The lowest BCUT2D eigenvalue weighted by molar-refractivity contribution is -0.116. The largest absolute Gasteiger partial charge is 0.371 e. The quantitative estimate of drug-likeness (QED) is 0.797. The molecule has 7 nitrogen and oxygen atoms in total. The van der Waals surface area contributed by atoms with E-state index in [-0.39, 0.29) is 11.8 Å². The van der Waals surface area contributed by atoms with Crippen LogP contribution < -0.4 is 16.0 Å². The predicted octanol–water partition coefficient (Wildman–Crippen LogP) is 1.58. The molecule has 124 valence electrons. The highest BCUT2D eigenvalue weighted by molar-refractivity contribution is 6.02. The molecule has 0 saturated carbocycles. The molecule has 0 bridgehead atoms. The van der Waals surface area contributed by atoms with E-state index in [2.05, 4.69) is 20.2 Å². The molecular formula is C17H19N5O2. The molecule has 1 saturated heterocycles. The number of carbonyl (C=O) groups excluding carboxylic acids is 2. The number of fused-ring (bicyclic) bond motifs is 1. The smallest absolute Gasteiger partial charge is 0.250 e. The molecule has 4 rings (SSSR count). The predicted molar refractivity (Wildman–Crippen MR) is 90.1 cm³/mol. The van der Waals surface area contributed by atoms with Crippen molar-refractivity contribution in [3.63, 3.8) is 0 Å². The highest BCUT2D eigenvalue weighted by Gasteiger charge is 2.31. The molecule has 4 N–H and O–H groups in total. The molecule has 0 unspecified atom stereocenters. The Labute approximate surface area is 139 Å².